The van der Waals surface area contributed by atoms with Gasteiger partial charge in [-0.2, -0.15) is 0 Å². The van der Waals surface area contributed by atoms with Gasteiger partial charge in [0.25, 0.3) is 21.8 Å². The van der Waals surface area contributed by atoms with E-state index in [1.807, 2.05) is 0 Å². The highest BCUT2D eigenvalue weighted by atomic mass is 32.2. The molecule has 3 rings (SSSR count). The summed E-state index contributed by atoms with van der Waals surface area (Å²) in [4.78, 5) is 24.9. The van der Waals surface area contributed by atoms with Crippen LogP contribution in [0.3, 0.4) is 0 Å². The molecule has 0 aromatic heterocycles. The first-order valence-corrected chi connectivity index (χ1v) is 10.5. The molecule has 0 bridgehead atoms. The number of nitrogens with two attached hydrogens (primary N) is 1. The van der Waals surface area contributed by atoms with Crippen molar-refractivity contribution in [2.45, 2.75) is 36.6 Å². The smallest absolute Gasteiger partial charge is 0.269 e. The molecule has 2 aliphatic rings. The monoisotopic (exact) mass is 395 g/mol. The number of ether oxygens (including phenoxy) is 1. The van der Waals surface area contributed by atoms with Crippen molar-refractivity contribution in [1.29, 1.82) is 0 Å². The highest BCUT2D eigenvalue weighted by molar-refractivity contribution is 7.90. The molecule has 1 aliphatic heterocycles. The maximum atomic E-state index is 12.7. The molecule has 2 amide bonds. The van der Waals surface area contributed by atoms with Crippen LogP contribution in [0.1, 0.15) is 46.4 Å². The number of amides is 2. The molecular formula is C18H25N3O5S. The summed E-state index contributed by atoms with van der Waals surface area (Å²) in [5.74, 6) is -0.711. The van der Waals surface area contributed by atoms with E-state index in [0.717, 1.165) is 30.0 Å². The Kier molecular flexibility index (Phi) is 5.83. The number of sulfonamides is 1. The Morgan fingerprint density at radius 1 is 1.33 bits per heavy atom. The summed E-state index contributed by atoms with van der Waals surface area (Å²) in [5, 5.41) is 2.98. The number of nitrogens with one attached hydrogen (secondary N) is 1. The lowest BCUT2D eigenvalue weighted by molar-refractivity contribution is 0.0835. The Balaban J connectivity index is 1.83. The van der Waals surface area contributed by atoms with Gasteiger partial charge in [0.2, 0.25) is 0 Å². The first-order valence-electron chi connectivity index (χ1n) is 9.11. The molecule has 9 heteroatoms. The molecule has 3 N–H and O–H groups in total. The standard InChI is InChI=1S/C18H25N3O5S/c1-26-9-8-21-18(23)14-7-6-12(10-16(14)27(21,24)25)17(22)20-15-5-3-2-4-13(15)11-19/h6-7,10,13,15H,2-5,8-9,11,19H2,1H3,(H,20,22). The Labute approximate surface area is 159 Å². The average molecular weight is 395 g/mol. The molecule has 1 aromatic carbocycles. The molecule has 1 heterocycles. The van der Waals surface area contributed by atoms with Crippen molar-refractivity contribution < 1.29 is 22.7 Å². The van der Waals surface area contributed by atoms with E-state index in [1.165, 1.54) is 25.3 Å². The first kappa shape index (κ1) is 19.8. The minimum absolute atomic E-state index is 0.0130. The van der Waals surface area contributed by atoms with Gasteiger partial charge in [0.1, 0.15) is 4.90 Å². The Morgan fingerprint density at radius 2 is 2.07 bits per heavy atom. The van der Waals surface area contributed by atoms with Crippen molar-refractivity contribution in [1.82, 2.24) is 9.62 Å². The van der Waals surface area contributed by atoms with Crippen molar-refractivity contribution in [3.8, 4) is 0 Å². The topological polar surface area (TPSA) is 119 Å². The first-order chi connectivity index (χ1) is 12.9. The summed E-state index contributed by atoms with van der Waals surface area (Å²) in [6.07, 6.45) is 3.97. The third-order valence-electron chi connectivity index (χ3n) is 5.30. The molecular weight excluding hydrogens is 370 g/mol. The van der Waals surface area contributed by atoms with Gasteiger partial charge in [-0.25, -0.2) is 12.7 Å². The molecule has 2 unspecified atom stereocenters. The van der Waals surface area contributed by atoms with E-state index < -0.39 is 15.9 Å². The van der Waals surface area contributed by atoms with Crippen molar-refractivity contribution >= 4 is 21.8 Å². The molecule has 0 radical (unpaired) electrons. The predicted octanol–water partition coefficient (Wildman–Crippen LogP) is 0.725. The zero-order valence-electron chi connectivity index (χ0n) is 15.3. The van der Waals surface area contributed by atoms with Crippen LogP contribution in [0.25, 0.3) is 0 Å². The SMILES string of the molecule is COCCN1C(=O)c2ccc(C(=O)NC3CCCCC3CN)cc2S1(=O)=O. The summed E-state index contributed by atoms with van der Waals surface area (Å²) < 4.78 is 31.0. The number of carbonyl (C=O) groups is 2. The van der Waals surface area contributed by atoms with Crippen molar-refractivity contribution in [3.63, 3.8) is 0 Å². The fourth-order valence-corrected chi connectivity index (χ4v) is 5.32. The molecule has 1 fully saturated rings. The van der Waals surface area contributed by atoms with E-state index in [0.29, 0.717) is 6.54 Å². The van der Waals surface area contributed by atoms with Gasteiger partial charge < -0.3 is 15.8 Å². The third kappa shape index (κ3) is 3.71. The van der Waals surface area contributed by atoms with Crippen molar-refractivity contribution in [2.75, 3.05) is 26.8 Å². The van der Waals surface area contributed by atoms with Gasteiger partial charge in [-0.05, 0) is 43.5 Å². The van der Waals surface area contributed by atoms with Gasteiger partial charge in [0, 0.05) is 18.7 Å². The summed E-state index contributed by atoms with van der Waals surface area (Å²) in [6.45, 7) is 0.551. The second-order valence-electron chi connectivity index (χ2n) is 6.95. The normalized spacial score (nSPS) is 23.9. The second kappa shape index (κ2) is 7.95. The summed E-state index contributed by atoms with van der Waals surface area (Å²) >= 11 is 0. The van der Waals surface area contributed by atoms with Gasteiger partial charge in [0.15, 0.2) is 0 Å². The van der Waals surface area contributed by atoms with Crippen LogP contribution >= 0.6 is 0 Å². The van der Waals surface area contributed by atoms with Crippen molar-refractivity contribution in [2.24, 2.45) is 11.7 Å². The maximum absolute atomic E-state index is 12.7. The Morgan fingerprint density at radius 3 is 2.78 bits per heavy atom. The molecule has 0 saturated heterocycles. The van der Waals surface area contributed by atoms with E-state index in [4.69, 9.17) is 10.5 Å². The number of methoxy groups -OCH3 is 1. The van der Waals surface area contributed by atoms with Crippen LogP contribution < -0.4 is 11.1 Å². The van der Waals surface area contributed by atoms with E-state index in [-0.39, 0.29) is 47.0 Å². The minimum atomic E-state index is -3.97. The quantitative estimate of drug-likeness (QED) is 0.733. The van der Waals surface area contributed by atoms with Crippen LogP contribution in [0.2, 0.25) is 0 Å². The molecule has 27 heavy (non-hydrogen) atoms. The second-order valence-corrected chi connectivity index (χ2v) is 8.78. The average Bonchev–Trinajstić information content (AvgIpc) is 2.86. The number of nitrogens with zero attached hydrogens (tertiary/aromatic N) is 1. The summed E-state index contributed by atoms with van der Waals surface area (Å²) in [7, 11) is -2.54. The van der Waals surface area contributed by atoms with Gasteiger partial charge in [-0.15, -0.1) is 0 Å². The van der Waals surface area contributed by atoms with Crippen LogP contribution in [-0.2, 0) is 14.8 Å². The number of carbonyl (C=O) groups excluding carboxylic acids is 2. The summed E-state index contributed by atoms with van der Waals surface area (Å²) in [5.41, 5.74) is 6.11. The van der Waals surface area contributed by atoms with Crippen molar-refractivity contribution in [3.05, 3.63) is 29.3 Å². The lowest BCUT2D eigenvalue weighted by Gasteiger charge is -2.31. The van der Waals surface area contributed by atoms with Crippen LogP contribution in [0.15, 0.2) is 23.1 Å². The zero-order chi connectivity index (χ0) is 19.6. The van der Waals surface area contributed by atoms with Gasteiger partial charge in [0.05, 0.1) is 18.7 Å². The molecule has 0 spiro atoms. The number of fused-ring (bicyclic) bond motifs is 1. The third-order valence-corrected chi connectivity index (χ3v) is 7.12. The van der Waals surface area contributed by atoms with Crippen LogP contribution in [-0.4, -0.2) is 57.4 Å². The van der Waals surface area contributed by atoms with Gasteiger partial charge in [-0.1, -0.05) is 12.8 Å². The number of benzene rings is 1. The molecule has 1 aliphatic carbocycles. The molecule has 1 aromatic rings. The fourth-order valence-electron chi connectivity index (χ4n) is 3.74. The van der Waals surface area contributed by atoms with E-state index >= 15 is 0 Å². The van der Waals surface area contributed by atoms with Crippen LogP contribution in [0.5, 0.6) is 0 Å². The highest BCUT2D eigenvalue weighted by Gasteiger charge is 2.41. The highest BCUT2D eigenvalue weighted by Crippen LogP contribution is 2.31. The molecule has 2 atom stereocenters. The number of rotatable bonds is 6. The van der Waals surface area contributed by atoms with E-state index in [2.05, 4.69) is 5.32 Å². The fraction of sp³-hybridized carbons (Fsp3) is 0.556. The molecule has 8 nitrogen and oxygen atoms in total. The minimum Gasteiger partial charge on any atom is -0.383 e. The van der Waals surface area contributed by atoms with E-state index in [9.17, 15) is 18.0 Å². The van der Waals surface area contributed by atoms with Gasteiger partial charge >= 0.3 is 0 Å². The maximum Gasteiger partial charge on any atom is 0.269 e. The van der Waals surface area contributed by atoms with Crippen LogP contribution in [0, 0.1) is 5.92 Å². The molecule has 1 saturated carbocycles. The summed E-state index contributed by atoms with van der Waals surface area (Å²) in [6, 6.07) is 4.16. The lowest BCUT2D eigenvalue weighted by atomic mass is 9.84. The van der Waals surface area contributed by atoms with E-state index in [1.54, 1.807) is 0 Å². The Hall–Kier alpha value is -1.97. The van der Waals surface area contributed by atoms with Gasteiger partial charge in [-0.3, -0.25) is 9.59 Å². The lowest BCUT2D eigenvalue weighted by Crippen LogP contribution is -2.44. The predicted molar refractivity (Wildman–Crippen MR) is 98.8 cm³/mol. The zero-order valence-corrected chi connectivity index (χ0v) is 16.1. The molecule has 148 valence electrons. The number of hydrogen-bond acceptors (Lipinski definition) is 6. The number of hydrogen-bond donors (Lipinski definition) is 2. The van der Waals surface area contributed by atoms with Crippen LogP contribution in [0.4, 0.5) is 0 Å². The largest absolute Gasteiger partial charge is 0.383 e. The Bertz CT molecular complexity index is 839.